The molecule has 1 aromatic heterocycles. The van der Waals surface area contributed by atoms with Gasteiger partial charge in [-0.2, -0.15) is 0 Å². The van der Waals surface area contributed by atoms with E-state index in [4.69, 9.17) is 4.52 Å². The highest BCUT2D eigenvalue weighted by Gasteiger charge is 2.15. The highest BCUT2D eigenvalue weighted by atomic mass is 127. The molecule has 2 N–H and O–H groups in total. The average molecular weight is 511 g/mol. The Morgan fingerprint density at radius 2 is 1.97 bits per heavy atom. The fourth-order valence-electron chi connectivity index (χ4n) is 3.79. The smallest absolute Gasteiger partial charge is 0.191 e. The molecule has 0 spiro atoms. The highest BCUT2D eigenvalue weighted by molar-refractivity contribution is 14.0. The van der Waals surface area contributed by atoms with Gasteiger partial charge in [-0.1, -0.05) is 43.3 Å². The molecule has 2 aromatic rings. The number of hydrogen-bond acceptors (Lipinski definition) is 4. The summed E-state index contributed by atoms with van der Waals surface area (Å²) in [6, 6.07) is 8.80. The summed E-state index contributed by atoms with van der Waals surface area (Å²) in [5.41, 5.74) is 5.18. The van der Waals surface area contributed by atoms with E-state index in [1.54, 1.807) is 0 Å². The predicted molar refractivity (Wildman–Crippen MR) is 129 cm³/mol. The summed E-state index contributed by atoms with van der Waals surface area (Å²) in [6.45, 7) is 9.11. The van der Waals surface area contributed by atoms with Crippen LogP contribution in [0, 0.1) is 0 Å². The second-order valence-corrected chi connectivity index (χ2v) is 7.24. The van der Waals surface area contributed by atoms with E-state index in [0.29, 0.717) is 6.54 Å². The molecule has 0 bridgehead atoms. The largest absolute Gasteiger partial charge is 0.361 e. The van der Waals surface area contributed by atoms with E-state index in [-0.39, 0.29) is 24.0 Å². The van der Waals surface area contributed by atoms with E-state index in [9.17, 15) is 0 Å². The predicted octanol–water partition coefficient (Wildman–Crippen LogP) is 3.53. The number of rotatable bonds is 8. The van der Waals surface area contributed by atoms with Gasteiger partial charge in [0.05, 0.1) is 5.69 Å². The number of guanidine groups is 1. The maximum atomic E-state index is 5.44. The van der Waals surface area contributed by atoms with Crippen LogP contribution in [-0.4, -0.2) is 42.7 Å². The first-order valence-corrected chi connectivity index (χ1v) is 10.4. The molecule has 6 nitrogen and oxygen atoms in total. The molecule has 1 aliphatic heterocycles. The number of benzene rings is 1. The van der Waals surface area contributed by atoms with Gasteiger partial charge in [0.2, 0.25) is 0 Å². The Labute approximate surface area is 191 Å². The second-order valence-electron chi connectivity index (χ2n) is 7.24. The van der Waals surface area contributed by atoms with Gasteiger partial charge in [0.15, 0.2) is 5.96 Å². The van der Waals surface area contributed by atoms with E-state index in [1.165, 1.54) is 16.7 Å². The summed E-state index contributed by atoms with van der Waals surface area (Å²) in [5, 5.41) is 11.0. The van der Waals surface area contributed by atoms with Gasteiger partial charge in [0, 0.05) is 51.8 Å². The summed E-state index contributed by atoms with van der Waals surface area (Å²) in [7, 11) is 1.81. The Bertz CT molecular complexity index is 768. The first kappa shape index (κ1) is 23.7. The van der Waals surface area contributed by atoms with Crippen molar-refractivity contribution in [3.05, 3.63) is 52.4 Å². The lowest BCUT2D eigenvalue weighted by atomic mass is 10.00. The maximum absolute atomic E-state index is 5.44. The van der Waals surface area contributed by atoms with Gasteiger partial charge in [-0.25, -0.2) is 0 Å². The molecule has 0 unspecified atom stereocenters. The van der Waals surface area contributed by atoms with Crippen LogP contribution in [0.5, 0.6) is 0 Å². The summed E-state index contributed by atoms with van der Waals surface area (Å²) < 4.78 is 5.44. The summed E-state index contributed by atoms with van der Waals surface area (Å²) in [5.74, 6) is 1.79. The molecular formula is C22H34IN5O. The zero-order valence-electron chi connectivity index (χ0n) is 17.8. The van der Waals surface area contributed by atoms with Crippen LogP contribution in [0.15, 0.2) is 33.8 Å². The molecule has 0 radical (unpaired) electrons. The van der Waals surface area contributed by atoms with E-state index < -0.39 is 0 Å². The molecular weight excluding hydrogens is 477 g/mol. The van der Waals surface area contributed by atoms with E-state index in [0.717, 1.165) is 69.3 Å². The molecule has 0 fully saturated rings. The van der Waals surface area contributed by atoms with Crippen LogP contribution in [0.1, 0.15) is 48.4 Å². The number of aromatic nitrogens is 1. The molecule has 1 aliphatic rings. The molecule has 0 atom stereocenters. The lowest BCUT2D eigenvalue weighted by Gasteiger charge is -2.28. The minimum atomic E-state index is 0. The van der Waals surface area contributed by atoms with Crippen molar-refractivity contribution in [1.29, 1.82) is 0 Å². The molecule has 7 heteroatoms. The van der Waals surface area contributed by atoms with Crippen molar-refractivity contribution in [2.24, 2.45) is 4.99 Å². The molecule has 3 rings (SSSR count). The zero-order valence-corrected chi connectivity index (χ0v) is 20.2. The van der Waals surface area contributed by atoms with Gasteiger partial charge in [-0.3, -0.25) is 9.89 Å². The van der Waals surface area contributed by atoms with Crippen LogP contribution in [-0.2, 0) is 32.4 Å². The average Bonchev–Trinajstić information content (AvgIpc) is 3.15. The second kappa shape index (κ2) is 12.2. The minimum Gasteiger partial charge on any atom is -0.361 e. The van der Waals surface area contributed by atoms with E-state index in [2.05, 4.69) is 63.8 Å². The third kappa shape index (κ3) is 6.44. The molecule has 0 amide bonds. The van der Waals surface area contributed by atoms with Crippen LogP contribution >= 0.6 is 24.0 Å². The van der Waals surface area contributed by atoms with Gasteiger partial charge in [-0.05, 0) is 30.4 Å². The number of nitrogens with zero attached hydrogens (tertiary/aromatic N) is 3. The van der Waals surface area contributed by atoms with Gasteiger partial charge >= 0.3 is 0 Å². The molecule has 0 saturated heterocycles. The Balaban J connectivity index is 0.00000300. The maximum Gasteiger partial charge on any atom is 0.191 e. The van der Waals surface area contributed by atoms with Crippen LogP contribution in [0.2, 0.25) is 0 Å². The fraction of sp³-hybridized carbons (Fsp3) is 0.545. The SMILES string of the molecule is CCc1noc(CC)c1CNC(=NC)NCCCN1CCc2ccccc2C1.I. The van der Waals surface area contributed by atoms with Crippen LogP contribution in [0.25, 0.3) is 0 Å². The minimum absolute atomic E-state index is 0. The summed E-state index contributed by atoms with van der Waals surface area (Å²) >= 11 is 0. The number of fused-ring (bicyclic) bond motifs is 1. The number of aryl methyl sites for hydroxylation is 2. The monoisotopic (exact) mass is 511 g/mol. The molecule has 0 aliphatic carbocycles. The lowest BCUT2D eigenvalue weighted by Crippen LogP contribution is -2.39. The lowest BCUT2D eigenvalue weighted by molar-refractivity contribution is 0.251. The van der Waals surface area contributed by atoms with Crippen molar-refractivity contribution in [3.63, 3.8) is 0 Å². The van der Waals surface area contributed by atoms with Crippen molar-refractivity contribution in [1.82, 2.24) is 20.7 Å². The normalized spacial score (nSPS) is 14.2. The van der Waals surface area contributed by atoms with Crippen LogP contribution in [0.4, 0.5) is 0 Å². The Kier molecular flexibility index (Phi) is 9.93. The van der Waals surface area contributed by atoms with Crippen molar-refractivity contribution in [2.75, 3.05) is 26.7 Å². The summed E-state index contributed by atoms with van der Waals surface area (Å²) in [6.07, 6.45) is 3.99. The van der Waals surface area contributed by atoms with Crippen molar-refractivity contribution < 1.29 is 4.52 Å². The summed E-state index contributed by atoms with van der Waals surface area (Å²) in [4.78, 5) is 6.88. The number of halogens is 1. The Morgan fingerprint density at radius 1 is 1.17 bits per heavy atom. The van der Waals surface area contributed by atoms with Gasteiger partial charge in [0.25, 0.3) is 0 Å². The van der Waals surface area contributed by atoms with E-state index >= 15 is 0 Å². The Hall–Kier alpha value is -1.61. The zero-order chi connectivity index (χ0) is 19.8. The van der Waals surface area contributed by atoms with Gasteiger partial charge < -0.3 is 15.2 Å². The molecule has 2 heterocycles. The van der Waals surface area contributed by atoms with Crippen molar-refractivity contribution in [3.8, 4) is 0 Å². The van der Waals surface area contributed by atoms with Crippen molar-refractivity contribution >= 4 is 29.9 Å². The third-order valence-electron chi connectivity index (χ3n) is 5.42. The number of aliphatic imine (C=N–C) groups is 1. The first-order valence-electron chi connectivity index (χ1n) is 10.4. The third-order valence-corrected chi connectivity index (χ3v) is 5.42. The Morgan fingerprint density at radius 3 is 2.69 bits per heavy atom. The molecule has 0 saturated carbocycles. The fourth-order valence-corrected chi connectivity index (χ4v) is 3.79. The standard InChI is InChI=1S/C22H33N5O.HI/c1-4-20-19(21(5-2)28-26-20)15-25-22(23-3)24-12-8-13-27-14-11-17-9-6-7-10-18(17)16-27;/h6-7,9-10H,4-5,8,11-16H2,1-3H3,(H2,23,24,25);1H. The van der Waals surface area contributed by atoms with Crippen molar-refractivity contribution in [2.45, 2.75) is 52.6 Å². The van der Waals surface area contributed by atoms with Gasteiger partial charge in [0.1, 0.15) is 5.76 Å². The van der Waals surface area contributed by atoms with Gasteiger partial charge in [-0.15, -0.1) is 24.0 Å². The number of nitrogens with one attached hydrogen (secondary N) is 2. The first-order chi connectivity index (χ1) is 13.7. The molecule has 1 aromatic carbocycles. The topological polar surface area (TPSA) is 65.7 Å². The number of hydrogen-bond donors (Lipinski definition) is 2. The molecule has 29 heavy (non-hydrogen) atoms. The molecule has 160 valence electrons. The van der Waals surface area contributed by atoms with Crippen LogP contribution < -0.4 is 10.6 Å². The highest BCUT2D eigenvalue weighted by Crippen LogP contribution is 2.18. The van der Waals surface area contributed by atoms with Crippen LogP contribution in [0.3, 0.4) is 0 Å². The quantitative estimate of drug-likeness (QED) is 0.246. The van der Waals surface area contributed by atoms with E-state index in [1.807, 2.05) is 7.05 Å².